The standard InChI is InChI=1S/C18H20BrN3O2.C17H18BrN3O2.CH3I/c1-18(24)7-5-12(6-8-18)22-16-13-9-11(19)3-4-14(13)20-10-15(16)21(2)17(22)23;1-17(23)6-4-11(5-7-17)21-15-12-8-10(18)2-3-13(12)19-9-14(15)20-16(21)22;1-2/h3-4,9-10,12,24H,5-8H2,1-2H3;2-3,8-9,11,23H,4-7H2,1H3,(H,20,22);1H3. The monoisotopic (exact) mass is 906 g/mol. The molecule has 0 radical (unpaired) electrons. The van der Waals surface area contributed by atoms with Crippen molar-refractivity contribution in [2.24, 2.45) is 7.05 Å². The van der Waals surface area contributed by atoms with Crippen LogP contribution in [0.5, 0.6) is 0 Å². The molecule has 6 aromatic rings. The summed E-state index contributed by atoms with van der Waals surface area (Å²) in [4.78, 5) is 39.3. The smallest absolute Gasteiger partial charge is 0.329 e. The molecule has 0 saturated heterocycles. The number of aryl methyl sites for hydroxylation is 1. The third kappa shape index (κ3) is 7.15. The fraction of sp³-hybridized carbons (Fsp3) is 0.444. The first-order chi connectivity index (χ1) is 23.3. The molecular weight excluding hydrogens is 867 g/mol. The number of fused-ring (bicyclic) bond motifs is 6. The van der Waals surface area contributed by atoms with Crippen LogP contribution in [0.1, 0.15) is 77.3 Å². The summed E-state index contributed by atoms with van der Waals surface area (Å²) in [6.45, 7) is 3.75. The molecule has 0 atom stereocenters. The van der Waals surface area contributed by atoms with Gasteiger partial charge in [0.15, 0.2) is 0 Å². The summed E-state index contributed by atoms with van der Waals surface area (Å²) in [6, 6.07) is 12.1. The van der Waals surface area contributed by atoms with Gasteiger partial charge in [0.1, 0.15) is 0 Å². The Morgan fingerprint density at radius 2 is 1.24 bits per heavy atom. The van der Waals surface area contributed by atoms with Gasteiger partial charge >= 0.3 is 11.4 Å². The highest BCUT2D eigenvalue weighted by molar-refractivity contribution is 14.1. The predicted octanol–water partition coefficient (Wildman–Crippen LogP) is 8.07. The van der Waals surface area contributed by atoms with Crippen molar-refractivity contribution in [3.63, 3.8) is 0 Å². The third-order valence-electron chi connectivity index (χ3n) is 10.2. The molecule has 0 spiro atoms. The normalized spacial score (nSPS) is 24.1. The highest BCUT2D eigenvalue weighted by Gasteiger charge is 2.33. The molecule has 4 aromatic heterocycles. The Hall–Kier alpha value is -2.59. The number of imidazole rings is 2. The molecule has 260 valence electrons. The fourth-order valence-electron chi connectivity index (χ4n) is 7.43. The SMILES string of the molecule is CC1(O)CCC(n2c(=O)[nH]c3cnc4ccc(Br)cc4c32)CC1.CI.Cn1c(=O)n(C2CCC(C)(O)CC2)c2c3cc(Br)ccc3ncc21. The van der Waals surface area contributed by atoms with Gasteiger partial charge in [0.05, 0.1) is 56.7 Å². The zero-order valence-corrected chi connectivity index (χ0v) is 33.3. The van der Waals surface area contributed by atoms with Crippen LogP contribution in [0.25, 0.3) is 43.9 Å². The number of aliphatic hydroxyl groups is 2. The molecule has 4 heterocycles. The van der Waals surface area contributed by atoms with E-state index in [1.807, 2.05) is 64.3 Å². The number of aromatic nitrogens is 6. The summed E-state index contributed by atoms with van der Waals surface area (Å²) >= 11 is 9.18. The molecular formula is C36H41Br2IN6O4. The van der Waals surface area contributed by atoms with Gasteiger partial charge in [0.25, 0.3) is 0 Å². The molecule has 49 heavy (non-hydrogen) atoms. The molecule has 10 nitrogen and oxygen atoms in total. The molecule has 2 aliphatic carbocycles. The molecule has 3 N–H and O–H groups in total. The van der Waals surface area contributed by atoms with Gasteiger partial charge in [0, 0.05) is 38.8 Å². The number of nitrogens with one attached hydrogen (secondary N) is 1. The van der Waals surface area contributed by atoms with Crippen LogP contribution in [0, 0.1) is 0 Å². The van der Waals surface area contributed by atoms with Crippen molar-refractivity contribution < 1.29 is 10.2 Å². The van der Waals surface area contributed by atoms with Crippen LogP contribution < -0.4 is 11.4 Å². The summed E-state index contributed by atoms with van der Waals surface area (Å²) in [5, 5.41) is 22.3. The van der Waals surface area contributed by atoms with E-state index in [-0.39, 0.29) is 23.5 Å². The van der Waals surface area contributed by atoms with E-state index in [0.717, 1.165) is 78.5 Å². The first kappa shape index (κ1) is 36.2. The molecule has 0 unspecified atom stereocenters. The van der Waals surface area contributed by atoms with Crippen LogP contribution in [0.15, 0.2) is 67.3 Å². The first-order valence-corrected chi connectivity index (χ1v) is 20.2. The van der Waals surface area contributed by atoms with Gasteiger partial charge < -0.3 is 15.2 Å². The molecule has 2 fully saturated rings. The fourth-order valence-corrected chi connectivity index (χ4v) is 8.15. The van der Waals surface area contributed by atoms with Crippen molar-refractivity contribution in [1.29, 1.82) is 0 Å². The maximum Gasteiger partial charge on any atom is 0.329 e. The van der Waals surface area contributed by atoms with Crippen molar-refractivity contribution in [3.8, 4) is 0 Å². The van der Waals surface area contributed by atoms with E-state index in [1.54, 1.807) is 24.0 Å². The minimum absolute atomic E-state index is 0.00850. The van der Waals surface area contributed by atoms with Crippen molar-refractivity contribution in [2.45, 2.75) is 88.5 Å². The van der Waals surface area contributed by atoms with Crippen LogP contribution in [0.3, 0.4) is 0 Å². The van der Waals surface area contributed by atoms with Gasteiger partial charge in [0.2, 0.25) is 0 Å². The molecule has 2 aromatic carbocycles. The van der Waals surface area contributed by atoms with Crippen molar-refractivity contribution in [1.82, 2.24) is 28.7 Å². The summed E-state index contributed by atoms with van der Waals surface area (Å²) in [6.07, 6.45) is 9.58. The van der Waals surface area contributed by atoms with Gasteiger partial charge in [-0.05, 0) is 107 Å². The Bertz CT molecular complexity index is 2270. The average Bonchev–Trinajstić information content (AvgIpc) is 3.55. The van der Waals surface area contributed by atoms with E-state index in [0.29, 0.717) is 25.7 Å². The van der Waals surface area contributed by atoms with E-state index in [9.17, 15) is 19.8 Å². The summed E-state index contributed by atoms with van der Waals surface area (Å²) in [5.74, 6) is 0. The van der Waals surface area contributed by atoms with Crippen molar-refractivity contribution >= 4 is 98.3 Å². The topological polar surface area (TPSA) is 131 Å². The van der Waals surface area contributed by atoms with Crippen molar-refractivity contribution in [2.75, 3.05) is 4.93 Å². The summed E-state index contributed by atoms with van der Waals surface area (Å²) in [5.41, 5.74) is 3.89. The highest BCUT2D eigenvalue weighted by atomic mass is 127. The molecule has 13 heteroatoms. The third-order valence-corrected chi connectivity index (χ3v) is 11.2. The van der Waals surface area contributed by atoms with Gasteiger partial charge in [-0.15, -0.1) is 0 Å². The number of halogens is 3. The van der Waals surface area contributed by atoms with E-state index < -0.39 is 11.2 Å². The minimum atomic E-state index is -0.614. The number of nitrogens with zero attached hydrogens (tertiary/aromatic N) is 5. The highest BCUT2D eigenvalue weighted by Crippen LogP contribution is 2.38. The van der Waals surface area contributed by atoms with E-state index >= 15 is 0 Å². The zero-order chi connectivity index (χ0) is 35.2. The van der Waals surface area contributed by atoms with Crippen LogP contribution in [-0.2, 0) is 7.05 Å². The quantitative estimate of drug-likeness (QED) is 0.119. The Kier molecular flexibility index (Phi) is 10.5. The number of alkyl halides is 1. The Morgan fingerprint density at radius 1 is 0.776 bits per heavy atom. The number of rotatable bonds is 2. The van der Waals surface area contributed by atoms with Crippen LogP contribution >= 0.6 is 54.5 Å². The molecule has 0 amide bonds. The van der Waals surface area contributed by atoms with Gasteiger partial charge in [-0.1, -0.05) is 54.5 Å². The molecule has 8 rings (SSSR count). The van der Waals surface area contributed by atoms with E-state index in [4.69, 9.17) is 0 Å². The summed E-state index contributed by atoms with van der Waals surface area (Å²) in [7, 11) is 1.80. The zero-order valence-electron chi connectivity index (χ0n) is 28.0. The molecule has 2 aliphatic rings. The van der Waals surface area contributed by atoms with Crippen LogP contribution in [0.2, 0.25) is 0 Å². The van der Waals surface area contributed by atoms with Crippen LogP contribution in [0.4, 0.5) is 0 Å². The average molecular weight is 908 g/mol. The second-order valence-corrected chi connectivity index (χ2v) is 15.6. The van der Waals surface area contributed by atoms with Crippen LogP contribution in [-0.4, -0.2) is 55.0 Å². The van der Waals surface area contributed by atoms with Crippen molar-refractivity contribution in [3.05, 3.63) is 78.7 Å². The Labute approximate surface area is 314 Å². The number of hydrogen-bond acceptors (Lipinski definition) is 6. The molecule has 0 bridgehead atoms. The van der Waals surface area contributed by atoms with Gasteiger partial charge in [-0.3, -0.25) is 23.7 Å². The number of pyridine rings is 2. The minimum Gasteiger partial charge on any atom is -0.390 e. The number of H-pyrrole nitrogens is 1. The predicted molar refractivity (Wildman–Crippen MR) is 212 cm³/mol. The lowest BCUT2D eigenvalue weighted by Crippen LogP contribution is -2.34. The lowest BCUT2D eigenvalue weighted by atomic mass is 9.83. The lowest BCUT2D eigenvalue weighted by Gasteiger charge is -2.33. The van der Waals surface area contributed by atoms with E-state index in [1.165, 1.54) is 0 Å². The Morgan fingerprint density at radius 3 is 1.78 bits per heavy atom. The number of aromatic amines is 1. The van der Waals surface area contributed by atoms with Gasteiger partial charge in [-0.25, -0.2) is 9.59 Å². The molecule has 0 aliphatic heterocycles. The number of benzene rings is 2. The van der Waals surface area contributed by atoms with E-state index in [2.05, 4.69) is 69.4 Å². The maximum atomic E-state index is 12.9. The summed E-state index contributed by atoms with van der Waals surface area (Å²) < 4.78 is 7.39. The van der Waals surface area contributed by atoms with Gasteiger partial charge in [-0.2, -0.15) is 0 Å². The molecule has 2 saturated carbocycles. The second kappa shape index (κ2) is 14.2. The first-order valence-electron chi connectivity index (χ1n) is 16.5. The maximum absolute atomic E-state index is 12.9. The largest absolute Gasteiger partial charge is 0.390 e. The lowest BCUT2D eigenvalue weighted by molar-refractivity contribution is 0.00962. The number of hydrogen-bond donors (Lipinski definition) is 3. The second-order valence-electron chi connectivity index (χ2n) is 13.8. The Balaban J connectivity index is 0.000000162.